The summed E-state index contributed by atoms with van der Waals surface area (Å²) in [5, 5.41) is 0. The van der Waals surface area contributed by atoms with Gasteiger partial charge in [-0.1, -0.05) is 0 Å². The van der Waals surface area contributed by atoms with E-state index in [9.17, 15) is 12.8 Å². The van der Waals surface area contributed by atoms with Gasteiger partial charge >= 0.3 is 0 Å². The molecular weight excluding hydrogens is 281 g/mol. The van der Waals surface area contributed by atoms with Crippen molar-refractivity contribution in [2.45, 2.75) is 18.2 Å². The van der Waals surface area contributed by atoms with Crippen molar-refractivity contribution < 1.29 is 12.8 Å². The Morgan fingerprint density at radius 3 is 2.55 bits per heavy atom. The average molecular weight is 301 g/mol. The molecule has 5 nitrogen and oxygen atoms in total. The van der Waals surface area contributed by atoms with Crippen LogP contribution in [0.1, 0.15) is 12.0 Å². The molecule has 0 aliphatic carbocycles. The molecule has 1 aromatic rings. The van der Waals surface area contributed by atoms with Gasteiger partial charge in [-0.3, -0.25) is 0 Å². The minimum Gasteiger partial charge on any atom is -0.396 e. The monoisotopic (exact) mass is 301 g/mol. The molecule has 0 radical (unpaired) electrons. The van der Waals surface area contributed by atoms with Gasteiger partial charge in [-0.05, 0) is 44.6 Å². The molecule has 0 atom stereocenters. The van der Waals surface area contributed by atoms with Crippen LogP contribution in [0.3, 0.4) is 0 Å². The highest BCUT2D eigenvalue weighted by Crippen LogP contribution is 2.24. The highest BCUT2D eigenvalue weighted by molar-refractivity contribution is 7.89. The van der Waals surface area contributed by atoms with Crippen LogP contribution in [-0.4, -0.2) is 50.8 Å². The highest BCUT2D eigenvalue weighted by atomic mass is 32.2. The third kappa shape index (κ3) is 2.94. The van der Waals surface area contributed by atoms with Gasteiger partial charge < -0.3 is 10.6 Å². The molecule has 20 heavy (non-hydrogen) atoms. The largest absolute Gasteiger partial charge is 0.396 e. The fraction of sp³-hybridized carbons (Fsp3) is 0.538. The number of hydrogen-bond acceptors (Lipinski definition) is 4. The first kappa shape index (κ1) is 15.2. The molecule has 0 bridgehead atoms. The van der Waals surface area contributed by atoms with Gasteiger partial charge in [0.25, 0.3) is 0 Å². The van der Waals surface area contributed by atoms with Crippen molar-refractivity contribution in [1.29, 1.82) is 0 Å². The fourth-order valence-corrected chi connectivity index (χ4v) is 3.92. The van der Waals surface area contributed by atoms with Gasteiger partial charge in [0.05, 0.1) is 10.6 Å². The minimum atomic E-state index is -3.61. The number of halogens is 1. The van der Waals surface area contributed by atoms with Crippen LogP contribution in [-0.2, 0) is 10.0 Å². The molecule has 0 saturated carbocycles. The van der Waals surface area contributed by atoms with Crippen molar-refractivity contribution in [1.82, 2.24) is 9.21 Å². The van der Waals surface area contributed by atoms with Gasteiger partial charge in [-0.15, -0.1) is 0 Å². The molecule has 0 aromatic heterocycles. The predicted octanol–water partition coefficient (Wildman–Crippen LogP) is 1.04. The van der Waals surface area contributed by atoms with Crippen LogP contribution in [0.5, 0.6) is 0 Å². The molecule has 0 amide bonds. The second-order valence-corrected chi connectivity index (χ2v) is 7.14. The lowest BCUT2D eigenvalue weighted by Crippen LogP contribution is -2.34. The second-order valence-electron chi connectivity index (χ2n) is 5.20. The molecule has 7 heteroatoms. The Morgan fingerprint density at radius 2 is 1.90 bits per heavy atom. The van der Waals surface area contributed by atoms with Crippen LogP contribution in [0.25, 0.3) is 0 Å². The number of hydrogen-bond donors (Lipinski definition) is 1. The summed E-state index contributed by atoms with van der Waals surface area (Å²) in [4.78, 5) is 2.17. The average Bonchev–Trinajstić information content (AvgIpc) is 2.60. The van der Waals surface area contributed by atoms with Crippen molar-refractivity contribution in [3.8, 4) is 0 Å². The smallest absolute Gasteiger partial charge is 0.243 e. The molecule has 0 spiro atoms. The van der Waals surface area contributed by atoms with Crippen molar-refractivity contribution in [2.24, 2.45) is 0 Å². The summed E-state index contributed by atoms with van der Waals surface area (Å²) < 4.78 is 40.1. The van der Waals surface area contributed by atoms with Crippen LogP contribution in [0.15, 0.2) is 17.0 Å². The SMILES string of the molecule is Cc1cc(S(=O)(=O)N2CCCN(C)CC2)cc(N)c1F. The molecule has 1 aromatic carbocycles. The van der Waals surface area contributed by atoms with Gasteiger partial charge in [-0.25, -0.2) is 12.8 Å². The highest BCUT2D eigenvalue weighted by Gasteiger charge is 2.27. The summed E-state index contributed by atoms with van der Waals surface area (Å²) in [5.41, 5.74) is 5.65. The Labute approximate surface area is 119 Å². The summed E-state index contributed by atoms with van der Waals surface area (Å²) in [6, 6.07) is 2.54. The molecule has 2 N–H and O–H groups in total. The number of nitrogens with zero attached hydrogens (tertiary/aromatic N) is 2. The Hall–Kier alpha value is -1.18. The number of rotatable bonds is 2. The van der Waals surface area contributed by atoms with Crippen LogP contribution < -0.4 is 5.73 Å². The van der Waals surface area contributed by atoms with E-state index in [4.69, 9.17) is 5.73 Å². The molecule has 1 aliphatic heterocycles. The van der Waals surface area contributed by atoms with Crippen LogP contribution in [0.4, 0.5) is 10.1 Å². The van der Waals surface area contributed by atoms with E-state index in [1.54, 1.807) is 0 Å². The maximum atomic E-state index is 13.5. The summed E-state index contributed by atoms with van der Waals surface area (Å²) in [6.45, 7) is 3.99. The Kier molecular flexibility index (Phi) is 4.31. The van der Waals surface area contributed by atoms with Gasteiger partial charge in [0.2, 0.25) is 10.0 Å². The molecule has 2 rings (SSSR count). The normalized spacial score (nSPS) is 18.9. The minimum absolute atomic E-state index is 0.0680. The number of anilines is 1. The van der Waals surface area contributed by atoms with E-state index in [0.29, 0.717) is 19.6 Å². The number of benzene rings is 1. The first-order valence-electron chi connectivity index (χ1n) is 6.56. The molecule has 1 heterocycles. The fourth-order valence-electron chi connectivity index (χ4n) is 2.32. The Balaban J connectivity index is 2.35. The Morgan fingerprint density at radius 1 is 1.20 bits per heavy atom. The van der Waals surface area contributed by atoms with E-state index in [0.717, 1.165) is 13.0 Å². The van der Waals surface area contributed by atoms with Gasteiger partial charge in [0, 0.05) is 19.6 Å². The summed E-state index contributed by atoms with van der Waals surface area (Å²) in [5.74, 6) is -0.556. The second kappa shape index (κ2) is 5.67. The maximum Gasteiger partial charge on any atom is 0.243 e. The predicted molar refractivity (Wildman–Crippen MR) is 76.4 cm³/mol. The standard InChI is InChI=1S/C13H20FN3O2S/c1-10-8-11(9-12(15)13(10)14)20(18,19)17-5-3-4-16(2)6-7-17/h8-9H,3-7,15H2,1-2H3. The van der Waals surface area contributed by atoms with Crippen LogP contribution in [0.2, 0.25) is 0 Å². The molecule has 112 valence electrons. The number of sulfonamides is 1. The summed E-state index contributed by atoms with van der Waals surface area (Å²) in [6.07, 6.45) is 0.783. The first-order chi connectivity index (χ1) is 9.32. The lowest BCUT2D eigenvalue weighted by molar-refractivity contribution is 0.347. The van der Waals surface area contributed by atoms with E-state index in [2.05, 4.69) is 4.90 Å². The zero-order valence-electron chi connectivity index (χ0n) is 11.8. The summed E-state index contributed by atoms with van der Waals surface area (Å²) >= 11 is 0. The molecule has 1 fully saturated rings. The van der Waals surface area contributed by atoms with Crippen molar-refractivity contribution >= 4 is 15.7 Å². The van der Waals surface area contributed by atoms with Gasteiger partial charge in [-0.2, -0.15) is 4.31 Å². The molecule has 0 unspecified atom stereocenters. The molecule has 1 aliphatic rings. The number of nitrogen functional groups attached to an aromatic ring is 1. The third-order valence-electron chi connectivity index (χ3n) is 3.57. The Bertz CT molecular complexity index is 581. The molecular formula is C13H20FN3O2S. The van der Waals surface area contributed by atoms with E-state index < -0.39 is 15.8 Å². The van der Waals surface area contributed by atoms with Crippen LogP contribution >= 0.6 is 0 Å². The topological polar surface area (TPSA) is 66.6 Å². The van der Waals surface area contributed by atoms with Crippen molar-refractivity contribution in [3.63, 3.8) is 0 Å². The number of aryl methyl sites for hydroxylation is 1. The van der Waals surface area contributed by atoms with Crippen molar-refractivity contribution in [2.75, 3.05) is 39.0 Å². The zero-order valence-corrected chi connectivity index (χ0v) is 12.6. The van der Waals surface area contributed by atoms with Gasteiger partial charge in [0.15, 0.2) is 0 Å². The van der Waals surface area contributed by atoms with E-state index >= 15 is 0 Å². The lowest BCUT2D eigenvalue weighted by Gasteiger charge is -2.20. The first-order valence-corrected chi connectivity index (χ1v) is 8.00. The zero-order chi connectivity index (χ0) is 14.9. The van der Waals surface area contributed by atoms with E-state index in [1.165, 1.54) is 23.4 Å². The van der Waals surface area contributed by atoms with E-state index in [-0.39, 0.29) is 16.1 Å². The van der Waals surface area contributed by atoms with Crippen molar-refractivity contribution in [3.05, 3.63) is 23.5 Å². The third-order valence-corrected chi connectivity index (χ3v) is 5.45. The number of nitrogens with two attached hydrogens (primary N) is 1. The van der Waals surface area contributed by atoms with E-state index in [1.807, 2.05) is 7.05 Å². The van der Waals surface area contributed by atoms with Gasteiger partial charge in [0.1, 0.15) is 5.82 Å². The lowest BCUT2D eigenvalue weighted by atomic mass is 10.2. The van der Waals surface area contributed by atoms with Crippen LogP contribution in [0, 0.1) is 12.7 Å². The molecule has 1 saturated heterocycles. The quantitative estimate of drug-likeness (QED) is 0.829. The maximum absolute atomic E-state index is 13.5. The summed E-state index contributed by atoms with van der Waals surface area (Å²) in [7, 11) is -1.64. The number of likely N-dealkylation sites (N-methyl/N-ethyl adjacent to an activating group) is 1.